The number of carbonyl (C=O) groups is 5. The number of carbonyl (C=O) groups excluding carboxylic acids is 4. The average Bonchev–Trinajstić information content (AvgIpc) is 3.98. The number of hydrogen-bond acceptors (Lipinski definition) is 12. The van der Waals surface area contributed by atoms with Crippen molar-refractivity contribution < 1.29 is 47.0 Å². The van der Waals surface area contributed by atoms with Crippen molar-refractivity contribution >= 4 is 63.5 Å². The first-order valence-electron chi connectivity index (χ1n) is 20.5. The molecule has 5 aromatic rings. The monoisotopic (exact) mass is 865 g/mol. The maximum Gasteiger partial charge on any atom is 0.490 e. The zero-order valence-electron chi connectivity index (χ0n) is 34.0. The number of carboxylic acid groups (broad SMARTS) is 1. The van der Waals surface area contributed by atoms with Crippen molar-refractivity contribution in [1.82, 2.24) is 29.7 Å². The molecule has 10 rings (SSSR count). The van der Waals surface area contributed by atoms with Gasteiger partial charge in [-0.3, -0.25) is 34.3 Å². The van der Waals surface area contributed by atoms with Gasteiger partial charge in [-0.1, -0.05) is 18.2 Å². The molecule has 326 valence electrons. The number of nitrogens with one attached hydrogen (secondary N) is 2. The van der Waals surface area contributed by atoms with E-state index in [9.17, 15) is 32.3 Å². The Balaban J connectivity index is 0.000000667. The lowest BCUT2D eigenvalue weighted by Crippen LogP contribution is -2.63. The van der Waals surface area contributed by atoms with Crippen LogP contribution >= 0.6 is 0 Å². The predicted molar refractivity (Wildman–Crippen MR) is 224 cm³/mol. The lowest BCUT2D eigenvalue weighted by Gasteiger charge is -2.49. The molecule has 0 spiro atoms. The molecule has 0 radical (unpaired) electrons. The number of piperazine rings is 1. The minimum atomic E-state index is -5.08. The van der Waals surface area contributed by atoms with Gasteiger partial charge in [-0.15, -0.1) is 0 Å². The Kier molecular flexibility index (Phi) is 10.7. The summed E-state index contributed by atoms with van der Waals surface area (Å²) in [6, 6.07) is 22.0. The Bertz CT molecular complexity index is 2650. The van der Waals surface area contributed by atoms with Crippen molar-refractivity contribution in [3.05, 3.63) is 90.3 Å². The molecule has 16 nitrogen and oxygen atoms in total. The highest BCUT2D eigenvalue weighted by Gasteiger charge is 2.45. The van der Waals surface area contributed by atoms with Crippen molar-refractivity contribution in [2.45, 2.75) is 50.0 Å². The number of anilines is 4. The minimum absolute atomic E-state index is 0.0940. The molecule has 19 heteroatoms. The van der Waals surface area contributed by atoms with Crippen LogP contribution in [0.1, 0.15) is 52.4 Å². The van der Waals surface area contributed by atoms with Crippen molar-refractivity contribution in [3.8, 4) is 17.0 Å². The number of imide groups is 2. The Morgan fingerprint density at radius 2 is 1.54 bits per heavy atom. The second-order valence-corrected chi connectivity index (χ2v) is 16.0. The summed E-state index contributed by atoms with van der Waals surface area (Å²) in [6.07, 6.45) is 1.60. The van der Waals surface area contributed by atoms with Gasteiger partial charge in [0.2, 0.25) is 17.8 Å². The van der Waals surface area contributed by atoms with Gasteiger partial charge in [0.1, 0.15) is 11.8 Å². The van der Waals surface area contributed by atoms with Gasteiger partial charge in [0.05, 0.1) is 29.6 Å². The molecular weight excluding hydrogens is 824 g/mol. The van der Waals surface area contributed by atoms with Gasteiger partial charge in [-0.05, 0) is 61.7 Å². The van der Waals surface area contributed by atoms with Crippen LogP contribution in [0, 0.1) is 0 Å². The summed E-state index contributed by atoms with van der Waals surface area (Å²) < 4.78 is 40.0. The lowest BCUT2D eigenvalue weighted by atomic mass is 10.0. The number of halogens is 3. The second-order valence-electron chi connectivity index (χ2n) is 16.0. The number of rotatable bonds is 9. The highest BCUT2D eigenvalue weighted by Crippen LogP contribution is 2.41. The number of alkyl halides is 3. The van der Waals surface area contributed by atoms with Crippen LogP contribution in [0.25, 0.3) is 22.2 Å². The highest BCUT2D eigenvalue weighted by atomic mass is 19.4. The zero-order valence-corrected chi connectivity index (χ0v) is 34.0. The number of benzene rings is 3. The highest BCUT2D eigenvalue weighted by molar-refractivity contribution is 6.23. The first kappa shape index (κ1) is 41.3. The molecule has 4 amide bonds. The van der Waals surface area contributed by atoms with Crippen LogP contribution in [0.5, 0.6) is 5.75 Å². The maximum atomic E-state index is 13.3. The molecule has 63 heavy (non-hydrogen) atoms. The third-order valence-electron chi connectivity index (χ3n) is 12.1. The number of ether oxygens (including phenoxy) is 1. The van der Waals surface area contributed by atoms with E-state index in [1.807, 2.05) is 18.2 Å². The molecule has 3 saturated heterocycles. The topological polar surface area (TPSA) is 183 Å². The SMILES string of the molecule is COc1cc(N2CCN(C3CN(c4ccc5c(c4)C(=O)N(C4CCC(=O)NC4=O)C5=O)C3)CC2)ccc1Nc1nccc(-c2cn(C3CC3)c3ccccc23)n1.O=C(O)C(F)(F)F. The molecule has 1 atom stereocenters. The van der Waals surface area contributed by atoms with Gasteiger partial charge in [-0.2, -0.15) is 13.2 Å². The van der Waals surface area contributed by atoms with Crippen LogP contribution in [0.4, 0.5) is 36.2 Å². The van der Waals surface area contributed by atoms with E-state index in [1.54, 1.807) is 25.4 Å². The third-order valence-corrected chi connectivity index (χ3v) is 12.1. The molecule has 0 bridgehead atoms. The molecule has 1 aliphatic carbocycles. The number of carboxylic acids is 1. The Hall–Kier alpha value is -7.02. The van der Waals surface area contributed by atoms with E-state index >= 15 is 0 Å². The van der Waals surface area contributed by atoms with Gasteiger partial charge in [0.15, 0.2) is 0 Å². The summed E-state index contributed by atoms with van der Waals surface area (Å²) in [7, 11) is 1.68. The number of fused-ring (bicyclic) bond motifs is 2. The summed E-state index contributed by atoms with van der Waals surface area (Å²) in [5.41, 5.74) is 6.58. The fraction of sp³-hybridized carbons (Fsp3) is 0.341. The van der Waals surface area contributed by atoms with Gasteiger partial charge in [0.25, 0.3) is 11.8 Å². The predicted octanol–water partition coefficient (Wildman–Crippen LogP) is 5.23. The molecule has 5 aliphatic rings. The van der Waals surface area contributed by atoms with Crippen molar-refractivity contribution in [3.63, 3.8) is 0 Å². The summed E-state index contributed by atoms with van der Waals surface area (Å²) in [6.45, 7) is 5.21. The van der Waals surface area contributed by atoms with Gasteiger partial charge in [0, 0.05) is 104 Å². The molecule has 1 saturated carbocycles. The first-order chi connectivity index (χ1) is 30.3. The standard InChI is InChI=1S/C42H41N9O5.C2HF3O2/c1-56-37-21-27(9-11-34(37)45-42-43-15-14-33(44-42)32-24-50(25-6-7-25)35-5-3-2-4-29(32)35)47-16-18-48(19-17-47)28-22-49(23-28)26-8-10-30-31(20-26)41(55)51(40(30)54)36-12-13-38(52)46-39(36)53;3-2(4,5)1(6)7/h2-5,8-11,14-15,20-21,24-25,28,36H,6-7,12-13,16-19,22-23H2,1H3,(H,43,44,45)(H,46,52,53);(H,6,7). The quantitative estimate of drug-likeness (QED) is 0.164. The number of amides is 4. The number of aliphatic carboxylic acids is 1. The van der Waals surface area contributed by atoms with Crippen LogP contribution in [0.15, 0.2) is 79.1 Å². The van der Waals surface area contributed by atoms with E-state index in [4.69, 9.17) is 19.6 Å². The average molecular weight is 866 g/mol. The molecule has 1 unspecified atom stereocenters. The lowest BCUT2D eigenvalue weighted by molar-refractivity contribution is -0.192. The smallest absolute Gasteiger partial charge is 0.490 e. The van der Waals surface area contributed by atoms with E-state index in [2.05, 4.69) is 77.5 Å². The summed E-state index contributed by atoms with van der Waals surface area (Å²) in [5, 5.41) is 14.0. The van der Waals surface area contributed by atoms with Gasteiger partial charge >= 0.3 is 12.1 Å². The number of aromatic nitrogens is 3. The number of methoxy groups -OCH3 is 1. The molecule has 4 fully saturated rings. The van der Waals surface area contributed by atoms with Crippen molar-refractivity contribution in [1.29, 1.82) is 0 Å². The van der Waals surface area contributed by atoms with Crippen LogP contribution in [0.3, 0.4) is 0 Å². The molecule has 3 N–H and O–H groups in total. The minimum Gasteiger partial charge on any atom is -0.494 e. The van der Waals surface area contributed by atoms with Crippen LogP contribution < -0.4 is 25.2 Å². The molecule has 4 aliphatic heterocycles. The number of para-hydroxylation sites is 1. The summed E-state index contributed by atoms with van der Waals surface area (Å²) in [5.74, 6) is -3.50. The van der Waals surface area contributed by atoms with Gasteiger partial charge in [-0.25, -0.2) is 14.8 Å². The number of hydrogen-bond donors (Lipinski definition) is 3. The van der Waals surface area contributed by atoms with Crippen molar-refractivity contribution in [2.24, 2.45) is 0 Å². The van der Waals surface area contributed by atoms with Crippen LogP contribution in [0.2, 0.25) is 0 Å². The fourth-order valence-corrected chi connectivity index (χ4v) is 8.63. The largest absolute Gasteiger partial charge is 0.494 e. The van der Waals surface area contributed by atoms with Crippen LogP contribution in [-0.4, -0.2) is 124 Å². The number of nitrogens with zero attached hydrogens (tertiary/aromatic N) is 7. The Morgan fingerprint density at radius 3 is 2.24 bits per heavy atom. The molecule has 6 heterocycles. The van der Waals surface area contributed by atoms with E-state index in [-0.39, 0.29) is 18.7 Å². The fourth-order valence-electron chi connectivity index (χ4n) is 8.63. The van der Waals surface area contributed by atoms with E-state index < -0.39 is 35.9 Å². The maximum absolute atomic E-state index is 13.3. The molecular formula is C44H42F3N9O7. The zero-order chi connectivity index (χ0) is 44.2. The third kappa shape index (κ3) is 8.11. The van der Waals surface area contributed by atoms with E-state index in [1.165, 1.54) is 23.7 Å². The normalized spacial score (nSPS) is 19.4. The number of piperidine rings is 1. The molecule has 3 aromatic carbocycles. The first-order valence-corrected chi connectivity index (χ1v) is 20.5. The van der Waals surface area contributed by atoms with E-state index in [0.717, 1.165) is 72.5 Å². The Morgan fingerprint density at radius 1 is 0.841 bits per heavy atom. The summed E-state index contributed by atoms with van der Waals surface area (Å²) in [4.78, 5) is 77.0. The van der Waals surface area contributed by atoms with Crippen LogP contribution in [-0.2, 0) is 14.4 Å². The van der Waals surface area contributed by atoms with E-state index in [0.29, 0.717) is 34.9 Å². The van der Waals surface area contributed by atoms with Crippen molar-refractivity contribution in [2.75, 3.05) is 61.5 Å². The second kappa shape index (κ2) is 16.4. The molecule has 2 aromatic heterocycles. The summed E-state index contributed by atoms with van der Waals surface area (Å²) >= 11 is 0. The van der Waals surface area contributed by atoms with Gasteiger partial charge < -0.3 is 29.5 Å². The Labute approximate surface area is 358 Å².